The minimum Gasteiger partial charge on any atom is -0.495 e. The lowest BCUT2D eigenvalue weighted by molar-refractivity contribution is -0.117. The summed E-state index contributed by atoms with van der Waals surface area (Å²) < 4.78 is 7.74. The summed E-state index contributed by atoms with van der Waals surface area (Å²) in [6, 6.07) is 5.66. The van der Waals surface area contributed by atoms with E-state index in [1.807, 2.05) is 10.6 Å². The Kier molecular flexibility index (Phi) is 5.10. The van der Waals surface area contributed by atoms with Crippen LogP contribution in [0.15, 0.2) is 29.2 Å². The molecule has 2 unspecified atom stereocenters. The number of aromatic nitrogens is 1. The van der Waals surface area contributed by atoms with Crippen molar-refractivity contribution in [3.63, 3.8) is 0 Å². The van der Waals surface area contributed by atoms with Crippen LogP contribution in [-0.4, -0.2) is 41.6 Å². The highest BCUT2D eigenvalue weighted by molar-refractivity contribution is 5.88. The fraction of sp³-hybridized carbons (Fsp3) is 0.500. The normalized spacial score (nSPS) is 23.8. The molecule has 0 radical (unpaired) electrons. The predicted molar refractivity (Wildman–Crippen MR) is 125 cm³/mol. The lowest BCUT2D eigenvalue weighted by Crippen LogP contribution is -2.29. The van der Waals surface area contributed by atoms with Crippen molar-refractivity contribution in [2.24, 2.45) is 11.3 Å². The van der Waals surface area contributed by atoms with Gasteiger partial charge in [0, 0.05) is 49.8 Å². The molecule has 3 aliphatic rings. The predicted octanol–water partition coefficient (Wildman–Crippen LogP) is 3.92. The highest BCUT2D eigenvalue weighted by atomic mass is 16.5. The number of carbonyl (C=O) groups excluding carboxylic acids is 1. The summed E-state index contributed by atoms with van der Waals surface area (Å²) in [5.74, 6) is 0.160. The zero-order valence-corrected chi connectivity index (χ0v) is 19.4. The SMILES string of the molecule is COc1cc2c(cc1N1CCC3(CCC(=O)C3)C1)CC(C(C)C)n1cc(C(=O)O)c(=O)cc1-2. The molecule has 174 valence electrons. The van der Waals surface area contributed by atoms with Gasteiger partial charge in [-0.1, -0.05) is 13.8 Å². The number of carboxylic acids is 1. The van der Waals surface area contributed by atoms with Crippen LogP contribution in [0.5, 0.6) is 5.75 Å². The molecule has 2 aliphatic heterocycles. The second kappa shape index (κ2) is 7.75. The Labute approximate surface area is 193 Å². The number of benzene rings is 1. The molecule has 1 spiro atoms. The molecule has 1 N–H and O–H groups in total. The van der Waals surface area contributed by atoms with Crippen molar-refractivity contribution in [3.05, 3.63) is 45.7 Å². The molecule has 2 aromatic rings. The first kappa shape index (κ1) is 21.7. The third kappa shape index (κ3) is 3.54. The van der Waals surface area contributed by atoms with E-state index in [2.05, 4.69) is 24.8 Å². The number of rotatable bonds is 4. The summed E-state index contributed by atoms with van der Waals surface area (Å²) in [4.78, 5) is 38.5. The summed E-state index contributed by atoms with van der Waals surface area (Å²) in [6.45, 7) is 5.99. The van der Waals surface area contributed by atoms with Crippen molar-refractivity contribution < 1.29 is 19.4 Å². The van der Waals surface area contributed by atoms with Crippen LogP contribution < -0.4 is 15.1 Å². The number of Topliss-reactive ketones (excluding diaryl/α,β-unsaturated/α-hetero) is 1. The van der Waals surface area contributed by atoms with E-state index in [0.717, 1.165) is 60.6 Å². The van der Waals surface area contributed by atoms with Crippen molar-refractivity contribution in [1.29, 1.82) is 0 Å². The number of ketones is 1. The molecule has 1 saturated carbocycles. The maximum atomic E-state index is 12.6. The number of fused-ring (bicyclic) bond motifs is 3. The van der Waals surface area contributed by atoms with Gasteiger partial charge in [0.15, 0.2) is 5.43 Å². The molecular weight excluding hydrogens is 420 g/mol. The fourth-order valence-electron chi connectivity index (χ4n) is 6.00. The first-order chi connectivity index (χ1) is 15.7. The number of carboxylic acid groups (broad SMARTS) is 1. The molecule has 1 aliphatic carbocycles. The van der Waals surface area contributed by atoms with Crippen LogP contribution in [-0.2, 0) is 11.2 Å². The first-order valence-corrected chi connectivity index (χ1v) is 11.7. The highest BCUT2D eigenvalue weighted by Gasteiger charge is 2.44. The van der Waals surface area contributed by atoms with Gasteiger partial charge in [-0.25, -0.2) is 4.79 Å². The molecule has 7 heteroatoms. The minimum atomic E-state index is -1.20. The average Bonchev–Trinajstić information content (AvgIpc) is 3.36. The maximum absolute atomic E-state index is 12.6. The van der Waals surface area contributed by atoms with Crippen molar-refractivity contribution >= 4 is 17.4 Å². The summed E-state index contributed by atoms with van der Waals surface area (Å²) in [5, 5.41) is 9.47. The second-order valence-corrected chi connectivity index (χ2v) is 10.2. The Morgan fingerprint density at radius 3 is 2.64 bits per heavy atom. The lowest BCUT2D eigenvalue weighted by atomic mass is 9.85. The van der Waals surface area contributed by atoms with Crippen LogP contribution in [0.3, 0.4) is 0 Å². The van der Waals surface area contributed by atoms with Crippen molar-refractivity contribution in [3.8, 4) is 17.0 Å². The van der Waals surface area contributed by atoms with Gasteiger partial charge in [-0.3, -0.25) is 9.59 Å². The van der Waals surface area contributed by atoms with E-state index in [1.165, 1.54) is 12.3 Å². The third-order valence-corrected chi connectivity index (χ3v) is 7.83. The van der Waals surface area contributed by atoms with Crippen LogP contribution in [0.25, 0.3) is 11.3 Å². The smallest absolute Gasteiger partial charge is 0.341 e. The summed E-state index contributed by atoms with van der Waals surface area (Å²) in [7, 11) is 1.65. The minimum absolute atomic E-state index is 0.0461. The number of anilines is 1. The van der Waals surface area contributed by atoms with Crippen LogP contribution in [0, 0.1) is 11.3 Å². The van der Waals surface area contributed by atoms with Gasteiger partial charge in [0.2, 0.25) is 0 Å². The van der Waals surface area contributed by atoms with Crippen molar-refractivity contribution in [2.45, 2.75) is 52.0 Å². The Hall–Kier alpha value is -3.09. The molecule has 3 heterocycles. The number of hydrogen-bond donors (Lipinski definition) is 1. The van der Waals surface area contributed by atoms with Gasteiger partial charge in [0.1, 0.15) is 17.1 Å². The van der Waals surface area contributed by atoms with Gasteiger partial charge >= 0.3 is 5.97 Å². The monoisotopic (exact) mass is 450 g/mol. The standard InChI is InChI=1S/C26H30N2O5/c1-15(2)20-8-16-9-22(27-7-6-26(14-27)5-4-17(29)12-26)24(33-3)10-18(16)21-11-23(30)19(25(31)32)13-28(20)21/h9-11,13,15,20H,4-8,12,14H2,1-3H3,(H,31,32). The summed E-state index contributed by atoms with van der Waals surface area (Å²) in [6.07, 6.45) is 5.59. The van der Waals surface area contributed by atoms with E-state index < -0.39 is 11.4 Å². The molecule has 2 fully saturated rings. The molecule has 1 saturated heterocycles. The average molecular weight is 451 g/mol. The first-order valence-electron chi connectivity index (χ1n) is 11.7. The maximum Gasteiger partial charge on any atom is 0.341 e. The molecule has 0 amide bonds. The van der Waals surface area contributed by atoms with Crippen LogP contribution in [0.4, 0.5) is 5.69 Å². The fourth-order valence-corrected chi connectivity index (χ4v) is 6.00. The van der Waals surface area contributed by atoms with E-state index in [-0.39, 0.29) is 22.9 Å². The highest BCUT2D eigenvalue weighted by Crippen LogP contribution is 2.48. The quantitative estimate of drug-likeness (QED) is 0.759. The number of pyridine rings is 1. The molecular formula is C26H30N2O5. The van der Waals surface area contributed by atoms with Crippen molar-refractivity contribution in [2.75, 3.05) is 25.1 Å². The van der Waals surface area contributed by atoms with E-state index in [1.54, 1.807) is 7.11 Å². The van der Waals surface area contributed by atoms with Gasteiger partial charge in [-0.2, -0.15) is 0 Å². The van der Waals surface area contributed by atoms with Gasteiger partial charge in [0.25, 0.3) is 0 Å². The zero-order chi connectivity index (χ0) is 23.5. The molecule has 0 bridgehead atoms. The van der Waals surface area contributed by atoms with Gasteiger partial charge in [0.05, 0.1) is 18.5 Å². The van der Waals surface area contributed by atoms with E-state index in [9.17, 15) is 19.5 Å². The molecule has 33 heavy (non-hydrogen) atoms. The topological polar surface area (TPSA) is 88.8 Å². The molecule has 1 aromatic carbocycles. The number of ether oxygens (including phenoxy) is 1. The number of aromatic carboxylic acids is 1. The van der Waals surface area contributed by atoms with E-state index in [0.29, 0.717) is 18.6 Å². The van der Waals surface area contributed by atoms with Gasteiger partial charge in [-0.05, 0) is 48.3 Å². The summed E-state index contributed by atoms with van der Waals surface area (Å²) in [5.41, 5.74) is 3.21. The number of nitrogens with zero attached hydrogens (tertiary/aromatic N) is 2. The van der Waals surface area contributed by atoms with Gasteiger partial charge in [-0.15, -0.1) is 0 Å². The Bertz CT molecular complexity index is 1210. The number of hydrogen-bond acceptors (Lipinski definition) is 5. The largest absolute Gasteiger partial charge is 0.495 e. The Morgan fingerprint density at radius 1 is 1.21 bits per heavy atom. The van der Waals surface area contributed by atoms with Crippen LogP contribution in [0.2, 0.25) is 0 Å². The molecule has 7 nitrogen and oxygen atoms in total. The third-order valence-electron chi connectivity index (χ3n) is 7.83. The molecule has 1 aromatic heterocycles. The van der Waals surface area contributed by atoms with Gasteiger partial charge < -0.3 is 19.3 Å². The van der Waals surface area contributed by atoms with E-state index >= 15 is 0 Å². The molecule has 5 rings (SSSR count). The van der Waals surface area contributed by atoms with Crippen molar-refractivity contribution in [1.82, 2.24) is 4.57 Å². The second-order valence-electron chi connectivity index (χ2n) is 10.2. The number of methoxy groups -OCH3 is 1. The Balaban J connectivity index is 1.60. The van der Waals surface area contributed by atoms with Crippen LogP contribution in [0.1, 0.15) is 61.5 Å². The zero-order valence-electron chi connectivity index (χ0n) is 19.4. The van der Waals surface area contributed by atoms with Crippen LogP contribution >= 0.6 is 0 Å². The Morgan fingerprint density at radius 2 is 2.00 bits per heavy atom. The van der Waals surface area contributed by atoms with E-state index in [4.69, 9.17) is 4.74 Å². The number of carbonyl (C=O) groups is 2. The molecule has 2 atom stereocenters. The summed E-state index contributed by atoms with van der Waals surface area (Å²) >= 11 is 0. The lowest BCUT2D eigenvalue weighted by Gasteiger charge is -2.34.